The molecular weight excluding hydrogens is 472 g/mol. The largest absolute Gasteiger partial charge is 0.356 e. The first-order valence-corrected chi connectivity index (χ1v) is 11.3. The molecule has 33 heavy (non-hydrogen) atoms. The number of thiazole rings is 1. The van der Waals surface area contributed by atoms with E-state index < -0.39 is 17.6 Å². The lowest BCUT2D eigenvalue weighted by atomic mass is 9.89. The first kappa shape index (κ1) is 23.0. The number of hydrogen-bond donors (Lipinski definition) is 2. The van der Waals surface area contributed by atoms with E-state index in [4.69, 9.17) is 11.6 Å². The van der Waals surface area contributed by atoms with Crippen molar-refractivity contribution < 1.29 is 23.2 Å². The van der Waals surface area contributed by atoms with Crippen LogP contribution in [0.4, 0.5) is 13.9 Å². The molecule has 0 fully saturated rings. The molecule has 1 heterocycles. The number of ketones is 1. The topological polar surface area (TPSA) is 88.2 Å². The van der Waals surface area contributed by atoms with Crippen LogP contribution in [0.25, 0.3) is 0 Å². The van der Waals surface area contributed by atoms with Gasteiger partial charge >= 0.3 is 0 Å². The summed E-state index contributed by atoms with van der Waals surface area (Å²) in [7, 11) is 0. The van der Waals surface area contributed by atoms with Crippen LogP contribution in [0.2, 0.25) is 5.02 Å². The average molecular weight is 490 g/mol. The van der Waals surface area contributed by atoms with E-state index in [0.29, 0.717) is 22.6 Å². The number of benzene rings is 2. The van der Waals surface area contributed by atoms with Gasteiger partial charge in [0.05, 0.1) is 27.1 Å². The van der Waals surface area contributed by atoms with Gasteiger partial charge in [0.25, 0.3) is 5.91 Å². The molecule has 170 valence electrons. The predicted molar refractivity (Wildman–Crippen MR) is 121 cm³/mol. The van der Waals surface area contributed by atoms with Crippen molar-refractivity contribution in [3.63, 3.8) is 0 Å². The Morgan fingerprint density at radius 3 is 2.61 bits per heavy atom. The number of carbonyl (C=O) groups excluding carboxylic acids is 3. The number of rotatable bonds is 6. The lowest BCUT2D eigenvalue weighted by molar-refractivity contribution is -0.125. The quantitative estimate of drug-likeness (QED) is 0.536. The van der Waals surface area contributed by atoms with Gasteiger partial charge in [-0.25, -0.2) is 13.8 Å². The lowest BCUT2D eigenvalue weighted by Crippen LogP contribution is -2.36. The third-order valence-corrected chi connectivity index (χ3v) is 6.62. The van der Waals surface area contributed by atoms with Crippen LogP contribution in [-0.2, 0) is 17.6 Å². The van der Waals surface area contributed by atoms with Gasteiger partial charge in [-0.05, 0) is 30.2 Å². The van der Waals surface area contributed by atoms with Crippen LogP contribution in [0.1, 0.15) is 37.7 Å². The summed E-state index contributed by atoms with van der Waals surface area (Å²) in [6, 6.07) is 10.2. The SMILES string of the molecule is O=C1CC(C(=O)NCCc2ccccc2F)Cc2nc(NC(=O)c3c(F)cccc3Cl)sc21. The van der Waals surface area contributed by atoms with Crippen LogP contribution in [0, 0.1) is 17.6 Å². The van der Waals surface area contributed by atoms with Crippen LogP contribution >= 0.6 is 22.9 Å². The van der Waals surface area contributed by atoms with E-state index in [1.54, 1.807) is 18.2 Å². The number of carbonyl (C=O) groups is 3. The average Bonchev–Trinajstić information content (AvgIpc) is 3.18. The van der Waals surface area contributed by atoms with Crippen LogP contribution in [-0.4, -0.2) is 29.1 Å². The monoisotopic (exact) mass is 489 g/mol. The van der Waals surface area contributed by atoms with E-state index in [2.05, 4.69) is 15.6 Å². The van der Waals surface area contributed by atoms with Crippen LogP contribution < -0.4 is 10.6 Å². The van der Waals surface area contributed by atoms with Crippen LogP contribution in [0.15, 0.2) is 42.5 Å². The second-order valence-corrected chi connectivity index (χ2v) is 8.91. The second kappa shape index (κ2) is 9.76. The van der Waals surface area contributed by atoms with Crippen molar-refractivity contribution >= 4 is 45.7 Å². The van der Waals surface area contributed by atoms with Gasteiger partial charge in [-0.2, -0.15) is 0 Å². The smallest absolute Gasteiger partial charge is 0.261 e. The Balaban J connectivity index is 1.39. The highest BCUT2D eigenvalue weighted by Gasteiger charge is 2.33. The normalized spacial score (nSPS) is 15.1. The Labute approximate surface area is 197 Å². The van der Waals surface area contributed by atoms with Crippen molar-refractivity contribution in [1.29, 1.82) is 0 Å². The Morgan fingerprint density at radius 1 is 1.09 bits per heavy atom. The van der Waals surface area contributed by atoms with Gasteiger partial charge in [-0.3, -0.25) is 19.7 Å². The molecule has 6 nitrogen and oxygen atoms in total. The highest BCUT2D eigenvalue weighted by Crippen LogP contribution is 2.33. The molecule has 1 aliphatic carbocycles. The second-order valence-electron chi connectivity index (χ2n) is 7.51. The first-order chi connectivity index (χ1) is 15.8. The third-order valence-electron chi connectivity index (χ3n) is 5.25. The Hall–Kier alpha value is -3.17. The number of anilines is 1. The minimum absolute atomic E-state index is 0.00720. The van der Waals surface area contributed by atoms with Gasteiger partial charge in [0.2, 0.25) is 5.91 Å². The summed E-state index contributed by atoms with van der Waals surface area (Å²) in [4.78, 5) is 42.2. The predicted octanol–water partition coefficient (Wildman–Crippen LogP) is 4.43. The van der Waals surface area contributed by atoms with Gasteiger partial charge < -0.3 is 5.32 Å². The van der Waals surface area contributed by atoms with Gasteiger partial charge in [-0.15, -0.1) is 0 Å². The van der Waals surface area contributed by atoms with E-state index in [1.807, 2.05) is 0 Å². The van der Waals surface area contributed by atoms with Crippen molar-refractivity contribution in [1.82, 2.24) is 10.3 Å². The van der Waals surface area contributed by atoms with Crippen molar-refractivity contribution in [3.8, 4) is 0 Å². The molecule has 1 unspecified atom stereocenters. The van der Waals surface area contributed by atoms with E-state index in [0.717, 1.165) is 17.4 Å². The first-order valence-electron chi connectivity index (χ1n) is 10.1. The van der Waals surface area contributed by atoms with E-state index in [9.17, 15) is 23.2 Å². The number of halogens is 3. The summed E-state index contributed by atoms with van der Waals surface area (Å²) >= 11 is 6.90. The fourth-order valence-corrected chi connectivity index (χ4v) is 4.79. The van der Waals surface area contributed by atoms with Crippen molar-refractivity contribution in [2.24, 2.45) is 5.92 Å². The number of nitrogens with one attached hydrogen (secondary N) is 2. The maximum atomic E-state index is 14.0. The minimum atomic E-state index is -0.779. The molecule has 2 N–H and O–H groups in total. The molecule has 0 bridgehead atoms. The maximum absolute atomic E-state index is 14.0. The molecular formula is C23H18ClF2N3O3S. The molecule has 1 atom stereocenters. The maximum Gasteiger partial charge on any atom is 0.261 e. The van der Waals surface area contributed by atoms with E-state index >= 15 is 0 Å². The summed E-state index contributed by atoms with van der Waals surface area (Å²) in [6.07, 6.45) is 0.558. The number of aromatic nitrogens is 1. The van der Waals surface area contributed by atoms with Crippen molar-refractivity contribution in [3.05, 3.63) is 80.8 Å². The zero-order valence-corrected chi connectivity index (χ0v) is 18.7. The summed E-state index contributed by atoms with van der Waals surface area (Å²) in [5, 5.41) is 5.30. The summed E-state index contributed by atoms with van der Waals surface area (Å²) in [5.74, 6) is -3.08. The Morgan fingerprint density at radius 2 is 1.85 bits per heavy atom. The van der Waals surface area contributed by atoms with Gasteiger partial charge in [-0.1, -0.05) is 47.2 Å². The number of fused-ring (bicyclic) bond motifs is 1. The fourth-order valence-electron chi connectivity index (χ4n) is 3.61. The molecule has 1 aliphatic rings. The molecule has 1 aromatic heterocycles. The van der Waals surface area contributed by atoms with Crippen molar-refractivity contribution in [2.75, 3.05) is 11.9 Å². The molecule has 0 aliphatic heterocycles. The number of amides is 2. The highest BCUT2D eigenvalue weighted by molar-refractivity contribution is 7.17. The molecule has 3 aromatic rings. The summed E-state index contributed by atoms with van der Waals surface area (Å²) < 4.78 is 27.7. The number of nitrogens with zero attached hydrogens (tertiary/aromatic N) is 1. The highest BCUT2D eigenvalue weighted by atomic mass is 35.5. The molecule has 0 radical (unpaired) electrons. The molecule has 0 spiro atoms. The molecule has 0 saturated heterocycles. The summed E-state index contributed by atoms with van der Waals surface area (Å²) in [5.41, 5.74) is 0.584. The van der Waals surface area contributed by atoms with Gasteiger partial charge in [0.15, 0.2) is 10.9 Å². The standard InChI is InChI=1S/C23H18ClF2N3O3S/c24-14-5-3-7-16(26)19(14)22(32)29-23-28-17-10-13(11-18(30)20(17)33-23)21(31)27-9-8-12-4-1-2-6-15(12)25/h1-7,13H,8-11H2,(H,27,31)(H,28,29,32). The zero-order valence-electron chi connectivity index (χ0n) is 17.2. The van der Waals surface area contributed by atoms with Crippen molar-refractivity contribution in [2.45, 2.75) is 19.3 Å². The molecule has 4 rings (SSSR count). The number of hydrogen-bond acceptors (Lipinski definition) is 5. The van der Waals surface area contributed by atoms with Gasteiger partial charge in [0, 0.05) is 19.4 Å². The van der Waals surface area contributed by atoms with E-state index in [-0.39, 0.29) is 52.6 Å². The fraction of sp³-hybridized carbons (Fsp3) is 0.217. The zero-order chi connectivity index (χ0) is 23.5. The number of Topliss-reactive ketones (excluding diaryl/α,β-unsaturated/α-hetero) is 1. The van der Waals surface area contributed by atoms with E-state index in [1.165, 1.54) is 18.2 Å². The molecule has 2 aromatic carbocycles. The Kier molecular flexibility index (Phi) is 6.80. The lowest BCUT2D eigenvalue weighted by Gasteiger charge is -2.19. The third kappa shape index (κ3) is 5.09. The Bertz CT molecular complexity index is 1230. The van der Waals surface area contributed by atoms with Crippen LogP contribution in [0.3, 0.4) is 0 Å². The molecule has 2 amide bonds. The summed E-state index contributed by atoms with van der Waals surface area (Å²) in [6.45, 7) is 0.235. The minimum Gasteiger partial charge on any atom is -0.356 e. The van der Waals surface area contributed by atoms with Crippen LogP contribution in [0.5, 0.6) is 0 Å². The van der Waals surface area contributed by atoms with Gasteiger partial charge in [0.1, 0.15) is 11.6 Å². The molecule has 10 heteroatoms. The molecule has 0 saturated carbocycles.